The van der Waals surface area contributed by atoms with Gasteiger partial charge < -0.3 is 16.2 Å². The van der Waals surface area contributed by atoms with Gasteiger partial charge in [0.05, 0.1) is 5.57 Å². The molecule has 3 rings (SSSR count). The zero-order valence-corrected chi connectivity index (χ0v) is 14.4. The lowest BCUT2D eigenvalue weighted by Gasteiger charge is -2.38. The van der Waals surface area contributed by atoms with Gasteiger partial charge in [-0.25, -0.2) is 4.39 Å². The van der Waals surface area contributed by atoms with Gasteiger partial charge in [0.1, 0.15) is 16.6 Å². The number of Topliss-reactive ketones (excluding diaryl/α,β-unsaturated/α-hetero) is 1. The quantitative estimate of drug-likeness (QED) is 0.805. The van der Waals surface area contributed by atoms with E-state index in [0.717, 1.165) is 0 Å². The first-order valence-electron chi connectivity index (χ1n) is 7.68. The van der Waals surface area contributed by atoms with Crippen molar-refractivity contribution in [3.63, 3.8) is 0 Å². The molecule has 1 atom stereocenters. The SMILES string of the molecule is CC1(C)CC(=O)C2=C(C1)OC(N)=C(C(N)=S)[C@H]2c1ccc(F)cc1. The fourth-order valence-corrected chi connectivity index (χ4v) is 3.64. The molecule has 6 heteroatoms. The smallest absolute Gasteiger partial charge is 0.197 e. The zero-order chi connectivity index (χ0) is 17.6. The molecule has 126 valence electrons. The Bertz CT molecular complexity index is 794. The molecule has 1 aromatic carbocycles. The van der Waals surface area contributed by atoms with Crippen LogP contribution >= 0.6 is 12.2 Å². The number of allylic oxidation sites excluding steroid dienone is 2. The summed E-state index contributed by atoms with van der Waals surface area (Å²) in [6, 6.07) is 5.92. The molecule has 0 amide bonds. The van der Waals surface area contributed by atoms with Crippen LogP contribution in [0.3, 0.4) is 0 Å². The fraction of sp³-hybridized carbons (Fsp3) is 0.333. The maximum absolute atomic E-state index is 13.3. The van der Waals surface area contributed by atoms with E-state index in [4.69, 9.17) is 28.4 Å². The Balaban J connectivity index is 2.19. The Kier molecular flexibility index (Phi) is 3.95. The second-order valence-electron chi connectivity index (χ2n) is 7.01. The second-order valence-corrected chi connectivity index (χ2v) is 7.45. The van der Waals surface area contributed by atoms with Gasteiger partial charge in [0, 0.05) is 24.3 Å². The number of rotatable bonds is 2. The molecule has 0 saturated heterocycles. The van der Waals surface area contributed by atoms with Crippen LogP contribution in [0.25, 0.3) is 0 Å². The highest BCUT2D eigenvalue weighted by Crippen LogP contribution is 2.47. The molecule has 4 N–H and O–H groups in total. The summed E-state index contributed by atoms with van der Waals surface area (Å²) in [5, 5.41) is 0. The van der Waals surface area contributed by atoms with Crippen LogP contribution in [0, 0.1) is 11.2 Å². The van der Waals surface area contributed by atoms with E-state index in [9.17, 15) is 9.18 Å². The molecule has 1 aliphatic heterocycles. The molecule has 0 aromatic heterocycles. The molecule has 2 aliphatic rings. The predicted molar refractivity (Wildman–Crippen MR) is 93.3 cm³/mol. The van der Waals surface area contributed by atoms with E-state index < -0.39 is 5.92 Å². The monoisotopic (exact) mass is 346 g/mol. The van der Waals surface area contributed by atoms with Crippen molar-refractivity contribution in [1.82, 2.24) is 0 Å². The van der Waals surface area contributed by atoms with Crippen LogP contribution in [0.2, 0.25) is 0 Å². The highest BCUT2D eigenvalue weighted by Gasteiger charge is 2.43. The first-order valence-corrected chi connectivity index (χ1v) is 8.09. The number of benzene rings is 1. The number of thiocarbonyl (C=S) groups is 1. The van der Waals surface area contributed by atoms with E-state index in [1.807, 2.05) is 13.8 Å². The molecular weight excluding hydrogens is 327 g/mol. The molecule has 0 saturated carbocycles. The van der Waals surface area contributed by atoms with Gasteiger partial charge in [-0.1, -0.05) is 38.2 Å². The molecule has 0 spiro atoms. The van der Waals surface area contributed by atoms with Crippen LogP contribution in [0.5, 0.6) is 0 Å². The number of ether oxygens (including phenoxy) is 1. The highest BCUT2D eigenvalue weighted by molar-refractivity contribution is 7.80. The minimum atomic E-state index is -0.518. The molecule has 1 aliphatic carbocycles. The van der Waals surface area contributed by atoms with Gasteiger partial charge in [0.2, 0.25) is 0 Å². The summed E-state index contributed by atoms with van der Waals surface area (Å²) >= 11 is 5.12. The fourth-order valence-electron chi connectivity index (χ4n) is 3.42. The van der Waals surface area contributed by atoms with Crippen LogP contribution in [-0.2, 0) is 9.53 Å². The van der Waals surface area contributed by atoms with E-state index in [0.29, 0.717) is 35.3 Å². The van der Waals surface area contributed by atoms with Crippen LogP contribution in [-0.4, -0.2) is 10.8 Å². The van der Waals surface area contributed by atoms with Crippen molar-refractivity contribution in [2.24, 2.45) is 16.9 Å². The summed E-state index contributed by atoms with van der Waals surface area (Å²) < 4.78 is 19.0. The standard InChI is InChI=1S/C18H19FN2O2S/c1-18(2)7-11(22)14-12(8-18)23-16(20)15(17(21)24)13(14)9-3-5-10(19)6-4-9/h3-6,13H,7-8,20H2,1-2H3,(H2,21,24)/t13-/m0/s1. The van der Waals surface area contributed by atoms with Crippen molar-refractivity contribution in [2.45, 2.75) is 32.6 Å². The Morgan fingerprint density at radius 2 is 1.92 bits per heavy atom. The lowest BCUT2D eigenvalue weighted by Crippen LogP contribution is -2.36. The Morgan fingerprint density at radius 1 is 1.29 bits per heavy atom. The third-order valence-corrected chi connectivity index (χ3v) is 4.64. The summed E-state index contributed by atoms with van der Waals surface area (Å²) in [4.78, 5) is 12.9. The molecule has 4 nitrogen and oxygen atoms in total. The number of nitrogens with two attached hydrogens (primary N) is 2. The van der Waals surface area contributed by atoms with E-state index >= 15 is 0 Å². The van der Waals surface area contributed by atoms with Crippen molar-refractivity contribution >= 4 is 23.0 Å². The summed E-state index contributed by atoms with van der Waals surface area (Å²) in [5.41, 5.74) is 13.3. The normalized spacial score (nSPS) is 23.0. The van der Waals surface area contributed by atoms with Crippen LogP contribution in [0.1, 0.15) is 38.2 Å². The minimum absolute atomic E-state index is 0.0168. The van der Waals surface area contributed by atoms with Crippen molar-refractivity contribution in [1.29, 1.82) is 0 Å². The summed E-state index contributed by atoms with van der Waals surface area (Å²) in [7, 11) is 0. The van der Waals surface area contributed by atoms with Gasteiger partial charge in [-0.15, -0.1) is 0 Å². The molecule has 0 unspecified atom stereocenters. The van der Waals surface area contributed by atoms with Crippen molar-refractivity contribution in [2.75, 3.05) is 0 Å². The number of carbonyl (C=O) groups excluding carboxylic acids is 1. The van der Waals surface area contributed by atoms with Gasteiger partial charge in [0.15, 0.2) is 11.7 Å². The van der Waals surface area contributed by atoms with Crippen LogP contribution in [0.15, 0.2) is 47.1 Å². The lowest BCUT2D eigenvalue weighted by molar-refractivity contribution is -0.119. The Labute approximate surface area is 145 Å². The predicted octanol–water partition coefficient (Wildman–Crippen LogP) is 3.04. The van der Waals surface area contributed by atoms with Gasteiger partial charge in [0.25, 0.3) is 0 Å². The van der Waals surface area contributed by atoms with Crippen LogP contribution in [0.4, 0.5) is 4.39 Å². The van der Waals surface area contributed by atoms with Gasteiger partial charge >= 0.3 is 0 Å². The Hall–Kier alpha value is -2.21. The van der Waals surface area contributed by atoms with Gasteiger partial charge in [-0.05, 0) is 23.1 Å². The third kappa shape index (κ3) is 2.82. The Morgan fingerprint density at radius 3 is 2.50 bits per heavy atom. The zero-order valence-electron chi connectivity index (χ0n) is 13.6. The molecule has 1 aromatic rings. The van der Waals surface area contributed by atoms with Crippen molar-refractivity contribution in [3.05, 3.63) is 58.4 Å². The first-order chi connectivity index (χ1) is 11.2. The third-order valence-electron chi connectivity index (χ3n) is 4.42. The molecule has 1 heterocycles. The second kappa shape index (κ2) is 5.70. The number of halogens is 1. The number of hydrogen-bond acceptors (Lipinski definition) is 4. The average Bonchev–Trinajstić information content (AvgIpc) is 2.44. The minimum Gasteiger partial charge on any atom is -0.445 e. The van der Waals surface area contributed by atoms with Gasteiger partial charge in [-0.3, -0.25) is 4.79 Å². The van der Waals surface area contributed by atoms with E-state index in [-0.39, 0.29) is 27.9 Å². The van der Waals surface area contributed by atoms with E-state index in [1.54, 1.807) is 12.1 Å². The maximum Gasteiger partial charge on any atom is 0.197 e. The molecular formula is C18H19FN2O2S. The number of hydrogen-bond donors (Lipinski definition) is 2. The van der Waals surface area contributed by atoms with Crippen molar-refractivity contribution < 1.29 is 13.9 Å². The average molecular weight is 346 g/mol. The van der Waals surface area contributed by atoms with Crippen LogP contribution < -0.4 is 11.5 Å². The highest BCUT2D eigenvalue weighted by atomic mass is 32.1. The summed E-state index contributed by atoms with van der Waals surface area (Å²) in [5.74, 6) is -0.221. The van der Waals surface area contributed by atoms with E-state index in [1.165, 1.54) is 12.1 Å². The largest absolute Gasteiger partial charge is 0.445 e. The first kappa shape index (κ1) is 16.6. The lowest BCUT2D eigenvalue weighted by atomic mass is 9.70. The molecule has 0 bridgehead atoms. The van der Waals surface area contributed by atoms with Gasteiger partial charge in [-0.2, -0.15) is 0 Å². The molecule has 24 heavy (non-hydrogen) atoms. The molecule has 0 radical (unpaired) electrons. The summed E-state index contributed by atoms with van der Waals surface area (Å²) in [6.45, 7) is 4.02. The topological polar surface area (TPSA) is 78.3 Å². The maximum atomic E-state index is 13.3. The molecule has 0 fully saturated rings. The van der Waals surface area contributed by atoms with Crippen molar-refractivity contribution in [3.8, 4) is 0 Å². The number of carbonyl (C=O) groups is 1. The number of ketones is 1. The summed E-state index contributed by atoms with van der Waals surface area (Å²) in [6.07, 6.45) is 0.995. The van der Waals surface area contributed by atoms with E-state index in [2.05, 4.69) is 0 Å².